The molecule has 1 aliphatic carbocycles. The average molecular weight is 290 g/mol. The summed E-state index contributed by atoms with van der Waals surface area (Å²) in [6.07, 6.45) is 5.57. The summed E-state index contributed by atoms with van der Waals surface area (Å²) in [4.78, 5) is 11.8. The number of allylic oxidation sites excluding steroid dienone is 2. The second-order valence-corrected chi connectivity index (χ2v) is 6.02. The molecule has 1 amide bonds. The van der Waals surface area contributed by atoms with Gasteiger partial charge in [-0.15, -0.1) is 0 Å². The topological polar surface area (TPSA) is 55.1 Å². The van der Waals surface area contributed by atoms with Crippen LogP contribution in [-0.2, 0) is 0 Å². The number of fused-ring (bicyclic) bond motifs is 3. The van der Waals surface area contributed by atoms with Gasteiger partial charge in [-0.2, -0.15) is 0 Å². The minimum absolute atomic E-state index is 0.203. The van der Waals surface area contributed by atoms with Gasteiger partial charge >= 0.3 is 0 Å². The van der Waals surface area contributed by atoms with Crippen LogP contribution < -0.4 is 11.1 Å². The van der Waals surface area contributed by atoms with E-state index in [1.165, 1.54) is 11.1 Å². The highest BCUT2D eigenvalue weighted by Gasteiger charge is 2.38. The molecule has 4 rings (SSSR count). The number of benzene rings is 2. The Morgan fingerprint density at radius 1 is 1.09 bits per heavy atom. The van der Waals surface area contributed by atoms with E-state index in [1.54, 1.807) is 6.07 Å². The van der Waals surface area contributed by atoms with Crippen molar-refractivity contribution in [2.75, 3.05) is 5.32 Å². The highest BCUT2D eigenvalue weighted by atomic mass is 16.1. The van der Waals surface area contributed by atoms with Gasteiger partial charge in [0.15, 0.2) is 0 Å². The van der Waals surface area contributed by atoms with Gasteiger partial charge in [-0.3, -0.25) is 4.79 Å². The summed E-state index contributed by atoms with van der Waals surface area (Å²) in [6.45, 7) is 0. The van der Waals surface area contributed by atoms with Gasteiger partial charge in [0.05, 0.1) is 17.3 Å². The Morgan fingerprint density at radius 3 is 2.68 bits per heavy atom. The molecule has 2 aromatic carbocycles. The molecule has 1 heterocycles. The standard InChI is InChI=1S/C19H18N2O/c20-19(22)16-11-5-10-15-13-8-4-9-14(13)17(21-18(15)16)12-6-2-1-3-7-12/h1-8,10-11,13-14,17,21H,9H2,(H2,20,22). The lowest BCUT2D eigenvalue weighted by Gasteiger charge is -2.38. The average Bonchev–Trinajstić information content (AvgIpc) is 3.04. The Balaban J connectivity index is 1.85. The molecule has 3 atom stereocenters. The van der Waals surface area contributed by atoms with E-state index in [4.69, 9.17) is 5.73 Å². The van der Waals surface area contributed by atoms with Gasteiger partial charge in [0.25, 0.3) is 5.91 Å². The molecule has 3 N–H and O–H groups in total. The van der Waals surface area contributed by atoms with Crippen LogP contribution in [-0.4, -0.2) is 5.91 Å². The van der Waals surface area contributed by atoms with Crippen LogP contribution in [0.5, 0.6) is 0 Å². The van der Waals surface area contributed by atoms with Crippen molar-refractivity contribution >= 4 is 11.6 Å². The zero-order valence-electron chi connectivity index (χ0n) is 12.2. The molecule has 3 heteroatoms. The lowest BCUT2D eigenvalue weighted by atomic mass is 9.76. The van der Waals surface area contributed by atoms with E-state index in [9.17, 15) is 4.79 Å². The summed E-state index contributed by atoms with van der Waals surface area (Å²) < 4.78 is 0. The van der Waals surface area contributed by atoms with Crippen LogP contribution in [0.2, 0.25) is 0 Å². The Bertz CT molecular complexity index is 751. The summed E-state index contributed by atoms with van der Waals surface area (Å²) in [5.41, 5.74) is 9.48. The Morgan fingerprint density at radius 2 is 1.91 bits per heavy atom. The van der Waals surface area contributed by atoms with Crippen molar-refractivity contribution in [1.82, 2.24) is 0 Å². The van der Waals surface area contributed by atoms with Crippen molar-refractivity contribution in [2.45, 2.75) is 18.4 Å². The first-order chi connectivity index (χ1) is 10.8. The maximum Gasteiger partial charge on any atom is 0.250 e. The summed E-state index contributed by atoms with van der Waals surface area (Å²) in [5.74, 6) is 0.454. The third-order valence-electron chi connectivity index (χ3n) is 4.82. The van der Waals surface area contributed by atoms with E-state index < -0.39 is 0 Å². The van der Waals surface area contributed by atoms with E-state index >= 15 is 0 Å². The SMILES string of the molecule is NC(=O)c1cccc2c1NC(c1ccccc1)C1CC=CC21. The monoisotopic (exact) mass is 290 g/mol. The van der Waals surface area contributed by atoms with E-state index in [2.05, 4.69) is 47.8 Å². The Kier molecular flexibility index (Phi) is 3.00. The molecule has 3 unspecified atom stereocenters. The van der Waals surface area contributed by atoms with Crippen LogP contribution in [0.3, 0.4) is 0 Å². The number of carbonyl (C=O) groups excluding carboxylic acids is 1. The molecule has 1 aliphatic heterocycles. The molecule has 0 spiro atoms. The van der Waals surface area contributed by atoms with Gasteiger partial charge in [0.1, 0.15) is 0 Å². The first-order valence-electron chi connectivity index (χ1n) is 7.66. The molecule has 0 fully saturated rings. The van der Waals surface area contributed by atoms with Crippen molar-refractivity contribution in [2.24, 2.45) is 11.7 Å². The normalized spacial score (nSPS) is 25.2. The number of anilines is 1. The molecule has 0 saturated heterocycles. The number of hydrogen-bond acceptors (Lipinski definition) is 2. The maximum absolute atomic E-state index is 11.8. The molecule has 0 aromatic heterocycles. The summed E-state index contributed by atoms with van der Waals surface area (Å²) in [6, 6.07) is 16.5. The van der Waals surface area contributed by atoms with Crippen LogP contribution in [0.15, 0.2) is 60.7 Å². The van der Waals surface area contributed by atoms with Gasteiger partial charge in [0.2, 0.25) is 0 Å². The zero-order valence-corrected chi connectivity index (χ0v) is 12.2. The molecule has 110 valence electrons. The third-order valence-corrected chi connectivity index (χ3v) is 4.82. The minimum Gasteiger partial charge on any atom is -0.377 e. The minimum atomic E-state index is -0.378. The van der Waals surface area contributed by atoms with Crippen LogP contribution in [0.4, 0.5) is 5.69 Å². The predicted molar refractivity (Wildman–Crippen MR) is 87.8 cm³/mol. The molecular weight excluding hydrogens is 272 g/mol. The maximum atomic E-state index is 11.8. The molecule has 0 radical (unpaired) electrons. The number of amides is 1. The quantitative estimate of drug-likeness (QED) is 0.830. The summed E-state index contributed by atoms with van der Waals surface area (Å²) in [7, 11) is 0. The zero-order chi connectivity index (χ0) is 15.1. The molecule has 2 aliphatic rings. The van der Waals surface area contributed by atoms with Gasteiger partial charge < -0.3 is 11.1 Å². The fraction of sp³-hybridized carbons (Fsp3) is 0.211. The smallest absolute Gasteiger partial charge is 0.250 e. The van der Waals surface area contributed by atoms with Crippen LogP contribution in [0.1, 0.15) is 39.9 Å². The van der Waals surface area contributed by atoms with Crippen LogP contribution >= 0.6 is 0 Å². The number of nitrogens with two attached hydrogens (primary N) is 1. The molecule has 22 heavy (non-hydrogen) atoms. The fourth-order valence-corrected chi connectivity index (χ4v) is 3.82. The van der Waals surface area contributed by atoms with Crippen LogP contribution in [0, 0.1) is 5.92 Å². The highest BCUT2D eigenvalue weighted by molar-refractivity contribution is 5.99. The molecule has 0 bridgehead atoms. The second kappa shape index (κ2) is 5.02. The van der Waals surface area contributed by atoms with E-state index in [0.29, 0.717) is 17.4 Å². The van der Waals surface area contributed by atoms with Gasteiger partial charge in [-0.1, -0.05) is 54.6 Å². The van der Waals surface area contributed by atoms with Gasteiger partial charge in [-0.25, -0.2) is 0 Å². The van der Waals surface area contributed by atoms with Gasteiger partial charge in [-0.05, 0) is 29.5 Å². The van der Waals surface area contributed by atoms with Gasteiger partial charge in [0, 0.05) is 5.92 Å². The van der Waals surface area contributed by atoms with Crippen molar-refractivity contribution in [3.8, 4) is 0 Å². The van der Waals surface area contributed by atoms with Crippen molar-refractivity contribution in [3.63, 3.8) is 0 Å². The largest absolute Gasteiger partial charge is 0.377 e. The lowest BCUT2D eigenvalue weighted by molar-refractivity contribution is 0.100. The summed E-state index contributed by atoms with van der Waals surface area (Å²) >= 11 is 0. The molecule has 2 aromatic rings. The lowest BCUT2D eigenvalue weighted by Crippen LogP contribution is -2.31. The number of para-hydroxylation sites is 1. The van der Waals surface area contributed by atoms with Crippen molar-refractivity contribution in [3.05, 3.63) is 77.4 Å². The molecule has 0 saturated carbocycles. The number of hydrogen-bond donors (Lipinski definition) is 2. The highest BCUT2D eigenvalue weighted by Crippen LogP contribution is 2.50. The first kappa shape index (κ1) is 13.1. The fourth-order valence-electron chi connectivity index (χ4n) is 3.82. The Hall–Kier alpha value is -2.55. The molecule has 3 nitrogen and oxygen atoms in total. The second-order valence-electron chi connectivity index (χ2n) is 6.02. The molecular formula is C19H18N2O. The summed E-state index contributed by atoms with van der Waals surface area (Å²) in [5, 5.41) is 3.59. The number of carbonyl (C=O) groups is 1. The third kappa shape index (κ3) is 1.93. The van der Waals surface area contributed by atoms with E-state index in [1.807, 2.05) is 12.1 Å². The van der Waals surface area contributed by atoms with E-state index in [-0.39, 0.29) is 11.9 Å². The van der Waals surface area contributed by atoms with Crippen molar-refractivity contribution < 1.29 is 4.79 Å². The van der Waals surface area contributed by atoms with Crippen LogP contribution in [0.25, 0.3) is 0 Å². The number of rotatable bonds is 2. The number of primary amides is 1. The Labute approximate surface area is 129 Å². The van der Waals surface area contributed by atoms with Crippen molar-refractivity contribution in [1.29, 1.82) is 0 Å². The number of nitrogens with one attached hydrogen (secondary N) is 1. The first-order valence-corrected chi connectivity index (χ1v) is 7.66. The van der Waals surface area contributed by atoms with E-state index in [0.717, 1.165) is 12.1 Å². The predicted octanol–water partition coefficient (Wildman–Crippen LogP) is 3.61.